The summed E-state index contributed by atoms with van der Waals surface area (Å²) in [6.07, 6.45) is -2.67. The molecular formula is C26H30F3N3O4S. The topological polar surface area (TPSA) is 86.8 Å². The van der Waals surface area contributed by atoms with Crippen LogP contribution in [0.25, 0.3) is 0 Å². The number of amides is 2. The van der Waals surface area contributed by atoms with Crippen LogP contribution in [0.5, 0.6) is 0 Å². The summed E-state index contributed by atoms with van der Waals surface area (Å²) in [5.41, 5.74) is 0.0446. The maximum Gasteiger partial charge on any atom is 0.416 e. The minimum absolute atomic E-state index is 0.00102. The van der Waals surface area contributed by atoms with Crippen LogP contribution in [0.4, 0.5) is 13.2 Å². The molecule has 2 amide bonds. The first-order valence-corrected chi connectivity index (χ1v) is 13.7. The van der Waals surface area contributed by atoms with Crippen LogP contribution in [-0.2, 0) is 25.8 Å². The fourth-order valence-corrected chi connectivity index (χ4v) is 6.40. The molecule has 1 aliphatic carbocycles. The van der Waals surface area contributed by atoms with Crippen molar-refractivity contribution in [2.45, 2.75) is 55.8 Å². The Kier molecular flexibility index (Phi) is 7.94. The van der Waals surface area contributed by atoms with Crippen molar-refractivity contribution in [1.29, 1.82) is 0 Å². The fourth-order valence-electron chi connectivity index (χ4n) is 5.10. The maximum atomic E-state index is 13.5. The van der Waals surface area contributed by atoms with Crippen LogP contribution in [0.3, 0.4) is 0 Å². The quantitative estimate of drug-likeness (QED) is 0.625. The predicted octanol–water partition coefficient (Wildman–Crippen LogP) is 3.97. The van der Waals surface area contributed by atoms with E-state index in [1.807, 2.05) is 35.2 Å². The minimum Gasteiger partial charge on any atom is -0.339 e. The molecule has 11 heteroatoms. The molecule has 0 bridgehead atoms. The van der Waals surface area contributed by atoms with Gasteiger partial charge in [0.2, 0.25) is 21.8 Å². The zero-order valence-electron chi connectivity index (χ0n) is 20.4. The highest BCUT2D eigenvalue weighted by Gasteiger charge is 2.38. The lowest BCUT2D eigenvalue weighted by molar-refractivity contribution is -0.146. The van der Waals surface area contributed by atoms with Crippen molar-refractivity contribution in [2.24, 2.45) is 5.92 Å². The summed E-state index contributed by atoms with van der Waals surface area (Å²) in [5, 5.41) is 0. The molecule has 1 atom stereocenters. The maximum absolute atomic E-state index is 13.5. The molecule has 7 nitrogen and oxygen atoms in total. The van der Waals surface area contributed by atoms with Crippen molar-refractivity contribution in [3.05, 3.63) is 65.7 Å². The number of alkyl halides is 3. The molecule has 1 N–H and O–H groups in total. The molecule has 37 heavy (non-hydrogen) atoms. The Morgan fingerprint density at radius 3 is 2.11 bits per heavy atom. The van der Waals surface area contributed by atoms with Gasteiger partial charge in [0.25, 0.3) is 0 Å². The van der Waals surface area contributed by atoms with Gasteiger partial charge in [-0.3, -0.25) is 9.59 Å². The third kappa shape index (κ3) is 6.32. The molecule has 1 saturated heterocycles. The summed E-state index contributed by atoms with van der Waals surface area (Å²) in [6.45, 7) is 2.84. The highest BCUT2D eigenvalue weighted by atomic mass is 32.2. The van der Waals surface area contributed by atoms with Crippen molar-refractivity contribution in [3.8, 4) is 0 Å². The van der Waals surface area contributed by atoms with Crippen molar-refractivity contribution >= 4 is 21.8 Å². The monoisotopic (exact) mass is 537 g/mol. The molecule has 1 saturated carbocycles. The molecule has 1 unspecified atom stereocenters. The lowest BCUT2D eigenvalue weighted by Gasteiger charge is -2.43. The van der Waals surface area contributed by atoms with E-state index in [0.29, 0.717) is 45.3 Å². The summed E-state index contributed by atoms with van der Waals surface area (Å²) in [5.74, 6) is -0.295. The second-order valence-electron chi connectivity index (χ2n) is 9.62. The Morgan fingerprint density at radius 2 is 1.54 bits per heavy atom. The average Bonchev–Trinajstić information content (AvgIpc) is 2.88. The molecule has 2 aliphatic rings. The Bertz CT molecular complexity index is 1210. The standard InChI is InChI=1S/C26H30F3N3O4S/c1-18(33)31-15-16-32(24(17-31)19-5-3-2-4-6-19)25(34)20-7-11-22(12-8-20)30-37(35,36)23-13-9-21(10-14-23)26(27,28)29/h2-6,9-10,13-14,20,22,24,30H,7-8,11-12,15-17H2,1H3. The average molecular weight is 538 g/mol. The number of benzene rings is 2. The summed E-state index contributed by atoms with van der Waals surface area (Å²) in [7, 11) is -3.99. The Morgan fingerprint density at radius 1 is 0.919 bits per heavy atom. The number of carbonyl (C=O) groups is 2. The summed E-state index contributed by atoms with van der Waals surface area (Å²) in [6, 6.07) is 12.3. The van der Waals surface area contributed by atoms with Crippen LogP contribution in [0, 0.1) is 5.92 Å². The van der Waals surface area contributed by atoms with Crippen molar-refractivity contribution < 1.29 is 31.2 Å². The third-order valence-corrected chi connectivity index (χ3v) is 8.72. The van der Waals surface area contributed by atoms with E-state index in [1.54, 1.807) is 4.90 Å². The van der Waals surface area contributed by atoms with E-state index >= 15 is 0 Å². The minimum atomic E-state index is -4.54. The summed E-state index contributed by atoms with van der Waals surface area (Å²) < 4.78 is 66.4. The van der Waals surface area contributed by atoms with E-state index in [-0.39, 0.29) is 28.7 Å². The molecule has 4 rings (SSSR count). The van der Waals surface area contributed by atoms with E-state index in [2.05, 4.69) is 4.72 Å². The number of halogens is 3. The number of nitrogens with one attached hydrogen (secondary N) is 1. The molecular weight excluding hydrogens is 507 g/mol. The fraction of sp³-hybridized carbons (Fsp3) is 0.462. The summed E-state index contributed by atoms with van der Waals surface area (Å²) >= 11 is 0. The van der Waals surface area contributed by atoms with Gasteiger partial charge in [-0.25, -0.2) is 13.1 Å². The molecule has 1 aliphatic heterocycles. The van der Waals surface area contributed by atoms with E-state index in [0.717, 1.165) is 29.8 Å². The van der Waals surface area contributed by atoms with E-state index < -0.39 is 27.8 Å². The van der Waals surface area contributed by atoms with Gasteiger partial charge in [-0.15, -0.1) is 0 Å². The second kappa shape index (κ2) is 10.8. The van der Waals surface area contributed by atoms with Gasteiger partial charge in [0.05, 0.1) is 16.5 Å². The zero-order valence-corrected chi connectivity index (χ0v) is 21.3. The van der Waals surface area contributed by atoms with Gasteiger partial charge in [-0.1, -0.05) is 30.3 Å². The first-order chi connectivity index (χ1) is 17.5. The smallest absolute Gasteiger partial charge is 0.339 e. The number of hydrogen-bond donors (Lipinski definition) is 1. The highest BCUT2D eigenvalue weighted by Crippen LogP contribution is 2.33. The largest absolute Gasteiger partial charge is 0.416 e. The molecule has 2 aromatic rings. The van der Waals surface area contributed by atoms with Crippen molar-refractivity contribution in [1.82, 2.24) is 14.5 Å². The van der Waals surface area contributed by atoms with Gasteiger partial charge in [0.15, 0.2) is 0 Å². The SMILES string of the molecule is CC(=O)N1CCN(C(=O)C2CCC(NS(=O)(=O)c3ccc(C(F)(F)F)cc3)CC2)C(c2ccccc2)C1. The number of piperazine rings is 1. The van der Waals surface area contributed by atoms with E-state index in [4.69, 9.17) is 0 Å². The van der Waals surface area contributed by atoms with Gasteiger partial charge in [-0.2, -0.15) is 13.2 Å². The molecule has 1 heterocycles. The van der Waals surface area contributed by atoms with E-state index in [1.165, 1.54) is 6.92 Å². The van der Waals surface area contributed by atoms with E-state index in [9.17, 15) is 31.2 Å². The van der Waals surface area contributed by atoms with Crippen LogP contribution < -0.4 is 4.72 Å². The highest BCUT2D eigenvalue weighted by molar-refractivity contribution is 7.89. The Balaban J connectivity index is 1.38. The van der Waals surface area contributed by atoms with Crippen LogP contribution in [0.15, 0.2) is 59.5 Å². The van der Waals surface area contributed by atoms with Crippen molar-refractivity contribution in [3.63, 3.8) is 0 Å². The van der Waals surface area contributed by atoms with Gasteiger partial charge >= 0.3 is 6.18 Å². The Hall–Kier alpha value is -2.92. The number of sulfonamides is 1. The van der Waals surface area contributed by atoms with Crippen LogP contribution in [0.1, 0.15) is 49.8 Å². The lowest BCUT2D eigenvalue weighted by atomic mass is 9.85. The van der Waals surface area contributed by atoms with Crippen LogP contribution in [-0.4, -0.2) is 55.7 Å². The predicted molar refractivity (Wildman–Crippen MR) is 131 cm³/mol. The number of hydrogen-bond acceptors (Lipinski definition) is 4. The normalized spacial score (nSPS) is 23.1. The second-order valence-corrected chi connectivity index (χ2v) is 11.3. The molecule has 0 spiro atoms. The molecule has 0 aromatic heterocycles. The lowest BCUT2D eigenvalue weighted by Crippen LogP contribution is -2.53. The molecule has 2 aromatic carbocycles. The van der Waals surface area contributed by atoms with Crippen LogP contribution >= 0.6 is 0 Å². The molecule has 0 radical (unpaired) electrons. The van der Waals surface area contributed by atoms with Gasteiger partial charge in [0, 0.05) is 38.5 Å². The number of carbonyl (C=O) groups excluding carboxylic acids is 2. The zero-order chi connectivity index (χ0) is 26.8. The number of nitrogens with zero attached hydrogens (tertiary/aromatic N) is 2. The summed E-state index contributed by atoms with van der Waals surface area (Å²) in [4.78, 5) is 28.9. The first-order valence-electron chi connectivity index (χ1n) is 12.3. The number of rotatable bonds is 5. The molecule has 200 valence electrons. The first kappa shape index (κ1) is 27.1. The van der Waals surface area contributed by atoms with Gasteiger partial charge in [0.1, 0.15) is 0 Å². The van der Waals surface area contributed by atoms with Crippen molar-refractivity contribution in [2.75, 3.05) is 19.6 Å². The molecule has 2 fully saturated rings. The Labute approximate surface area is 214 Å². The third-order valence-electron chi connectivity index (χ3n) is 7.18. The van der Waals surface area contributed by atoms with Crippen LogP contribution in [0.2, 0.25) is 0 Å². The van der Waals surface area contributed by atoms with Gasteiger partial charge in [-0.05, 0) is 55.5 Å². The van der Waals surface area contributed by atoms with Gasteiger partial charge < -0.3 is 9.80 Å².